The van der Waals surface area contributed by atoms with Crippen LogP contribution in [0.25, 0.3) is 0 Å². The monoisotopic (exact) mass is 418 g/mol. The predicted octanol–water partition coefficient (Wildman–Crippen LogP) is 4.37. The zero-order valence-corrected chi connectivity index (χ0v) is 19.0. The van der Waals surface area contributed by atoms with Gasteiger partial charge in [-0.1, -0.05) is 26.8 Å². The number of ether oxygens (including phenoxy) is 2. The minimum Gasteiger partial charge on any atom is -0.493 e. The average Bonchev–Trinajstić information content (AvgIpc) is 3.04. The van der Waals surface area contributed by atoms with Crippen molar-refractivity contribution in [3.05, 3.63) is 40.3 Å². The van der Waals surface area contributed by atoms with Crippen molar-refractivity contribution < 1.29 is 19.1 Å². The van der Waals surface area contributed by atoms with Crippen molar-refractivity contribution in [2.24, 2.45) is 5.41 Å². The molecule has 0 saturated heterocycles. The van der Waals surface area contributed by atoms with Crippen LogP contribution in [-0.4, -0.2) is 44.5 Å². The molecule has 2 rings (SSSR count). The molecular formula is C22H30N2O4S. The SMILES string of the molecule is COc1ccc(CCN(C)C(=O)c2sc(NC(=O)C(C)(C)C)cc2C)cc1OC. The summed E-state index contributed by atoms with van der Waals surface area (Å²) in [5, 5.41) is 3.59. The molecule has 0 aliphatic heterocycles. The van der Waals surface area contributed by atoms with Gasteiger partial charge < -0.3 is 19.7 Å². The number of benzene rings is 1. The molecule has 0 spiro atoms. The van der Waals surface area contributed by atoms with Gasteiger partial charge >= 0.3 is 0 Å². The summed E-state index contributed by atoms with van der Waals surface area (Å²) >= 11 is 1.31. The van der Waals surface area contributed by atoms with Crippen LogP contribution in [0.5, 0.6) is 11.5 Å². The number of carbonyl (C=O) groups is 2. The summed E-state index contributed by atoms with van der Waals surface area (Å²) in [5.74, 6) is 1.23. The number of methoxy groups -OCH3 is 2. The maximum atomic E-state index is 12.9. The smallest absolute Gasteiger partial charge is 0.264 e. The molecule has 0 fully saturated rings. The van der Waals surface area contributed by atoms with E-state index in [0.717, 1.165) is 11.1 Å². The third-order valence-electron chi connectivity index (χ3n) is 4.56. The number of nitrogens with zero attached hydrogens (tertiary/aromatic N) is 1. The fourth-order valence-corrected chi connectivity index (χ4v) is 3.73. The van der Waals surface area contributed by atoms with E-state index in [0.29, 0.717) is 34.3 Å². The lowest BCUT2D eigenvalue weighted by atomic mass is 9.96. The molecule has 2 amide bonds. The van der Waals surface area contributed by atoms with E-state index >= 15 is 0 Å². The molecule has 0 aliphatic rings. The highest BCUT2D eigenvalue weighted by Gasteiger charge is 2.23. The van der Waals surface area contributed by atoms with Gasteiger partial charge in [0.15, 0.2) is 11.5 Å². The Morgan fingerprint density at radius 3 is 2.34 bits per heavy atom. The molecule has 2 aromatic rings. The molecule has 158 valence electrons. The number of rotatable bonds is 7. The maximum absolute atomic E-state index is 12.9. The summed E-state index contributed by atoms with van der Waals surface area (Å²) in [5.41, 5.74) is 1.43. The fraction of sp³-hybridized carbons (Fsp3) is 0.455. The molecule has 0 aliphatic carbocycles. The quantitative estimate of drug-likeness (QED) is 0.725. The number of hydrogen-bond acceptors (Lipinski definition) is 5. The van der Waals surface area contributed by atoms with E-state index in [1.54, 1.807) is 26.2 Å². The molecule has 0 unspecified atom stereocenters. The molecule has 0 bridgehead atoms. The van der Waals surface area contributed by atoms with Crippen molar-refractivity contribution in [2.45, 2.75) is 34.1 Å². The van der Waals surface area contributed by atoms with Crippen LogP contribution in [-0.2, 0) is 11.2 Å². The standard InChI is InChI=1S/C22H30N2O4S/c1-14-12-18(23-21(26)22(2,3)4)29-19(14)20(25)24(5)11-10-15-8-9-16(27-6)17(13-15)28-7/h8-9,12-13H,10-11H2,1-7H3,(H,23,26). The number of hydrogen-bond donors (Lipinski definition) is 1. The Balaban J connectivity index is 2.04. The van der Waals surface area contributed by atoms with Crippen molar-refractivity contribution in [1.29, 1.82) is 0 Å². The van der Waals surface area contributed by atoms with Gasteiger partial charge in [0, 0.05) is 19.0 Å². The number of nitrogens with one attached hydrogen (secondary N) is 1. The van der Waals surface area contributed by atoms with Crippen LogP contribution in [0.2, 0.25) is 0 Å². The highest BCUT2D eigenvalue weighted by atomic mass is 32.1. The first-order valence-electron chi connectivity index (χ1n) is 9.45. The molecule has 1 aromatic carbocycles. The second-order valence-electron chi connectivity index (χ2n) is 7.99. The molecule has 0 radical (unpaired) electrons. The molecule has 1 aromatic heterocycles. The minimum atomic E-state index is -0.488. The lowest BCUT2D eigenvalue weighted by Crippen LogP contribution is -2.28. The van der Waals surface area contributed by atoms with Crippen molar-refractivity contribution in [3.8, 4) is 11.5 Å². The molecule has 1 heterocycles. The molecule has 6 nitrogen and oxygen atoms in total. The Hall–Kier alpha value is -2.54. The van der Waals surface area contributed by atoms with Crippen LogP contribution < -0.4 is 14.8 Å². The van der Waals surface area contributed by atoms with Crippen molar-refractivity contribution in [3.63, 3.8) is 0 Å². The molecule has 0 atom stereocenters. The lowest BCUT2D eigenvalue weighted by Gasteiger charge is -2.18. The number of anilines is 1. The number of amides is 2. The van der Waals surface area contributed by atoms with E-state index in [2.05, 4.69) is 5.32 Å². The average molecular weight is 419 g/mol. The first-order valence-corrected chi connectivity index (χ1v) is 10.3. The second-order valence-corrected chi connectivity index (χ2v) is 9.05. The normalized spacial score (nSPS) is 11.1. The Morgan fingerprint density at radius 2 is 1.76 bits per heavy atom. The van der Waals surface area contributed by atoms with Crippen molar-refractivity contribution in [1.82, 2.24) is 4.90 Å². The highest BCUT2D eigenvalue weighted by Crippen LogP contribution is 2.30. The Labute approximate surface area is 176 Å². The largest absolute Gasteiger partial charge is 0.493 e. The first-order chi connectivity index (χ1) is 13.6. The second kappa shape index (κ2) is 9.31. The van der Waals surface area contributed by atoms with Gasteiger partial charge in [0.05, 0.1) is 24.1 Å². The van der Waals surface area contributed by atoms with Gasteiger partial charge in [-0.25, -0.2) is 0 Å². The van der Waals surface area contributed by atoms with Gasteiger partial charge in [-0.3, -0.25) is 9.59 Å². The minimum absolute atomic E-state index is 0.0516. The number of aryl methyl sites for hydroxylation is 1. The van der Waals surface area contributed by atoms with E-state index in [4.69, 9.17) is 9.47 Å². The number of likely N-dealkylation sites (N-methyl/N-ethyl adjacent to an activating group) is 1. The van der Waals surface area contributed by atoms with Crippen molar-refractivity contribution >= 4 is 28.2 Å². The van der Waals surface area contributed by atoms with Gasteiger partial charge in [-0.15, -0.1) is 11.3 Å². The van der Waals surface area contributed by atoms with E-state index in [1.165, 1.54) is 11.3 Å². The van der Waals surface area contributed by atoms with E-state index < -0.39 is 5.41 Å². The van der Waals surface area contributed by atoms with Gasteiger partial charge in [0.2, 0.25) is 5.91 Å². The van der Waals surface area contributed by atoms with Gasteiger partial charge in [0.25, 0.3) is 5.91 Å². The number of thiophene rings is 1. The summed E-state index contributed by atoms with van der Waals surface area (Å²) in [4.78, 5) is 27.4. The van der Waals surface area contributed by atoms with E-state index in [9.17, 15) is 9.59 Å². The van der Waals surface area contributed by atoms with Crippen LogP contribution in [0, 0.1) is 12.3 Å². The van der Waals surface area contributed by atoms with Crippen LogP contribution in [0.3, 0.4) is 0 Å². The zero-order chi connectivity index (χ0) is 21.8. The van der Waals surface area contributed by atoms with Crippen LogP contribution in [0.4, 0.5) is 5.00 Å². The molecular weight excluding hydrogens is 388 g/mol. The van der Waals surface area contributed by atoms with Crippen LogP contribution in [0.1, 0.15) is 41.6 Å². The summed E-state index contributed by atoms with van der Waals surface area (Å²) < 4.78 is 10.6. The van der Waals surface area contributed by atoms with Gasteiger partial charge in [0.1, 0.15) is 0 Å². The number of carbonyl (C=O) groups excluding carboxylic acids is 2. The fourth-order valence-electron chi connectivity index (χ4n) is 2.66. The van der Waals surface area contributed by atoms with E-state index in [-0.39, 0.29) is 11.8 Å². The predicted molar refractivity (Wildman–Crippen MR) is 117 cm³/mol. The van der Waals surface area contributed by atoms with Crippen LogP contribution >= 0.6 is 11.3 Å². The van der Waals surface area contributed by atoms with Crippen LogP contribution in [0.15, 0.2) is 24.3 Å². The highest BCUT2D eigenvalue weighted by molar-refractivity contribution is 7.18. The van der Waals surface area contributed by atoms with Gasteiger partial charge in [-0.2, -0.15) is 0 Å². The van der Waals surface area contributed by atoms with E-state index in [1.807, 2.05) is 52.0 Å². The molecule has 7 heteroatoms. The maximum Gasteiger partial charge on any atom is 0.264 e. The Morgan fingerprint density at radius 1 is 1.10 bits per heavy atom. The lowest BCUT2D eigenvalue weighted by molar-refractivity contribution is -0.123. The summed E-state index contributed by atoms with van der Waals surface area (Å²) in [6.07, 6.45) is 0.695. The van der Waals surface area contributed by atoms with Crippen molar-refractivity contribution in [2.75, 3.05) is 33.1 Å². The Kier molecular flexibility index (Phi) is 7.30. The third kappa shape index (κ3) is 5.73. The topological polar surface area (TPSA) is 67.9 Å². The molecule has 1 N–H and O–H groups in total. The first kappa shape index (κ1) is 22.7. The van der Waals surface area contributed by atoms with Gasteiger partial charge in [-0.05, 0) is 42.7 Å². The molecule has 0 saturated carbocycles. The molecule has 29 heavy (non-hydrogen) atoms. The summed E-state index contributed by atoms with van der Waals surface area (Å²) in [6, 6.07) is 7.61. The Bertz CT molecular complexity index is 883. The summed E-state index contributed by atoms with van der Waals surface area (Å²) in [7, 11) is 4.99. The zero-order valence-electron chi connectivity index (χ0n) is 18.2. The summed E-state index contributed by atoms with van der Waals surface area (Å²) in [6.45, 7) is 8.03. The third-order valence-corrected chi connectivity index (χ3v) is 5.70.